The van der Waals surface area contributed by atoms with Crippen LogP contribution in [-0.4, -0.2) is 36.6 Å². The molecule has 0 saturated heterocycles. The number of nitrogens with zero attached hydrogens (tertiary/aromatic N) is 2. The number of fused-ring (bicyclic) bond motifs is 1. The molecule has 0 aromatic heterocycles. The van der Waals surface area contributed by atoms with Crippen molar-refractivity contribution >= 4 is 34.7 Å². The van der Waals surface area contributed by atoms with Crippen molar-refractivity contribution < 1.29 is 9.59 Å². The van der Waals surface area contributed by atoms with E-state index in [-0.39, 0.29) is 5.91 Å². The number of para-hydroxylation sites is 1. The van der Waals surface area contributed by atoms with E-state index in [1.165, 1.54) is 4.90 Å². The highest BCUT2D eigenvalue weighted by atomic mass is 16.2. The molecule has 3 amide bonds. The second kappa shape index (κ2) is 10.7. The lowest BCUT2D eigenvalue weighted by Crippen LogP contribution is -2.47. The number of anilines is 2. The Kier molecular flexibility index (Phi) is 7.76. The molecule has 3 rings (SSSR count). The van der Waals surface area contributed by atoms with Gasteiger partial charge in [-0.1, -0.05) is 56.5 Å². The molecule has 0 saturated carbocycles. The van der Waals surface area contributed by atoms with E-state index in [1.54, 1.807) is 13.1 Å². The number of unbranched alkanes of at least 4 members (excludes halogenated alkanes) is 3. The molecule has 1 aliphatic rings. The first-order chi connectivity index (χ1) is 15.4. The number of hydrogen-bond donors (Lipinski definition) is 3. The first-order valence-electron chi connectivity index (χ1n) is 11.1. The molecule has 2 aromatic rings. The molecule has 1 aliphatic heterocycles. The molecule has 0 spiro atoms. The van der Waals surface area contributed by atoms with E-state index in [9.17, 15) is 9.59 Å². The molecule has 32 heavy (non-hydrogen) atoms. The Morgan fingerprint density at radius 3 is 2.66 bits per heavy atom. The van der Waals surface area contributed by atoms with E-state index in [4.69, 9.17) is 5.41 Å². The number of aliphatic imine (C=N–C) groups is 1. The highest BCUT2D eigenvalue weighted by molar-refractivity contribution is 6.49. The Morgan fingerprint density at radius 1 is 1.12 bits per heavy atom. The van der Waals surface area contributed by atoms with Gasteiger partial charge in [0, 0.05) is 18.3 Å². The summed E-state index contributed by atoms with van der Waals surface area (Å²) < 4.78 is 0. The fourth-order valence-corrected chi connectivity index (χ4v) is 3.72. The van der Waals surface area contributed by atoms with E-state index in [2.05, 4.69) is 22.5 Å². The van der Waals surface area contributed by atoms with E-state index in [1.807, 2.05) is 49.4 Å². The molecule has 0 bridgehead atoms. The average molecular weight is 434 g/mol. The Morgan fingerprint density at radius 2 is 1.91 bits per heavy atom. The van der Waals surface area contributed by atoms with Crippen molar-refractivity contribution in [3.05, 3.63) is 59.7 Å². The van der Waals surface area contributed by atoms with Crippen molar-refractivity contribution in [3.63, 3.8) is 0 Å². The summed E-state index contributed by atoms with van der Waals surface area (Å²) in [6, 6.07) is 14.3. The standard InChI is InChI=1S/C25H31N5O2/c1-4-5-6-7-14-20(26)22-19-13-8-9-15-21(19)30(3)24(31)23(28-22)29-25(32)27-18-12-10-11-17(2)16-18/h8-13,15-16,23,26H,4-7,14H2,1-3H3,(H2,27,29,32)/t23-/m0/s1. The number of amides is 3. The van der Waals surface area contributed by atoms with Crippen LogP contribution in [0.25, 0.3) is 0 Å². The lowest BCUT2D eigenvalue weighted by atomic mass is 9.99. The normalized spacial score (nSPS) is 15.5. The van der Waals surface area contributed by atoms with Gasteiger partial charge in [-0.2, -0.15) is 0 Å². The van der Waals surface area contributed by atoms with Crippen molar-refractivity contribution in [1.82, 2.24) is 5.32 Å². The first-order valence-corrected chi connectivity index (χ1v) is 11.1. The van der Waals surface area contributed by atoms with Gasteiger partial charge in [0.25, 0.3) is 5.91 Å². The number of carbonyl (C=O) groups is 2. The summed E-state index contributed by atoms with van der Waals surface area (Å²) in [6.07, 6.45) is 3.65. The summed E-state index contributed by atoms with van der Waals surface area (Å²) in [7, 11) is 1.66. The van der Waals surface area contributed by atoms with Gasteiger partial charge >= 0.3 is 6.03 Å². The molecule has 7 nitrogen and oxygen atoms in total. The Bertz CT molecular complexity index is 1030. The summed E-state index contributed by atoms with van der Waals surface area (Å²) in [4.78, 5) is 31.8. The number of rotatable bonds is 8. The number of carbonyl (C=O) groups excluding carboxylic acids is 2. The molecule has 0 radical (unpaired) electrons. The number of benzodiazepines with no additional fused rings is 1. The number of aryl methyl sites for hydroxylation is 1. The zero-order valence-electron chi connectivity index (χ0n) is 18.9. The van der Waals surface area contributed by atoms with Gasteiger partial charge in [-0.05, 0) is 43.5 Å². The van der Waals surface area contributed by atoms with Gasteiger partial charge in [0.2, 0.25) is 6.17 Å². The zero-order chi connectivity index (χ0) is 23.1. The summed E-state index contributed by atoms with van der Waals surface area (Å²) in [6.45, 7) is 4.09. The zero-order valence-corrected chi connectivity index (χ0v) is 18.9. The first kappa shape index (κ1) is 23.2. The highest BCUT2D eigenvalue weighted by Crippen LogP contribution is 2.25. The topological polar surface area (TPSA) is 97.6 Å². The quantitative estimate of drug-likeness (QED) is 0.408. The largest absolute Gasteiger partial charge is 0.321 e. The van der Waals surface area contributed by atoms with Crippen LogP contribution in [0.1, 0.15) is 50.2 Å². The number of likely N-dealkylation sites (N-methyl/N-ethyl adjacent to an activating group) is 1. The second-order valence-electron chi connectivity index (χ2n) is 8.05. The maximum absolute atomic E-state index is 13.1. The van der Waals surface area contributed by atoms with Crippen LogP contribution in [0.5, 0.6) is 0 Å². The van der Waals surface area contributed by atoms with Crippen LogP contribution in [-0.2, 0) is 4.79 Å². The van der Waals surface area contributed by atoms with Gasteiger partial charge in [-0.25, -0.2) is 9.79 Å². The minimum absolute atomic E-state index is 0.356. The molecule has 1 heterocycles. The van der Waals surface area contributed by atoms with Crippen LogP contribution in [0, 0.1) is 12.3 Å². The number of benzene rings is 2. The molecule has 7 heteroatoms. The monoisotopic (exact) mass is 433 g/mol. The summed E-state index contributed by atoms with van der Waals surface area (Å²) >= 11 is 0. The minimum atomic E-state index is -1.12. The molecule has 0 aliphatic carbocycles. The second-order valence-corrected chi connectivity index (χ2v) is 8.05. The predicted molar refractivity (Wildman–Crippen MR) is 130 cm³/mol. The van der Waals surface area contributed by atoms with E-state index >= 15 is 0 Å². The third-order valence-corrected chi connectivity index (χ3v) is 5.45. The smallest absolute Gasteiger partial charge is 0.311 e. The van der Waals surface area contributed by atoms with Crippen LogP contribution in [0.2, 0.25) is 0 Å². The fourth-order valence-electron chi connectivity index (χ4n) is 3.72. The van der Waals surface area contributed by atoms with Gasteiger partial charge in [-0.3, -0.25) is 4.79 Å². The van der Waals surface area contributed by atoms with Crippen molar-refractivity contribution in [3.8, 4) is 0 Å². The van der Waals surface area contributed by atoms with E-state index < -0.39 is 12.2 Å². The third kappa shape index (κ3) is 5.60. The Labute approximate surface area is 189 Å². The number of nitrogens with one attached hydrogen (secondary N) is 3. The maximum Gasteiger partial charge on any atom is 0.321 e. The molecule has 1 atom stereocenters. The average Bonchev–Trinajstić information content (AvgIpc) is 2.87. The Hall–Kier alpha value is -3.48. The molecular weight excluding hydrogens is 402 g/mol. The number of urea groups is 1. The van der Waals surface area contributed by atoms with Crippen molar-refractivity contribution in [2.24, 2.45) is 4.99 Å². The predicted octanol–water partition coefficient (Wildman–Crippen LogP) is 4.90. The molecule has 0 unspecified atom stereocenters. The molecule has 3 N–H and O–H groups in total. The SMILES string of the molecule is CCCCCCC(=N)C1=N[C@@H](NC(=O)Nc2cccc(C)c2)C(=O)N(C)c2ccccc21. The van der Waals surface area contributed by atoms with E-state index in [0.29, 0.717) is 29.2 Å². The lowest BCUT2D eigenvalue weighted by molar-refractivity contribution is -0.119. The summed E-state index contributed by atoms with van der Waals surface area (Å²) in [5, 5.41) is 14.1. The van der Waals surface area contributed by atoms with Gasteiger partial charge in [-0.15, -0.1) is 0 Å². The highest BCUT2D eigenvalue weighted by Gasteiger charge is 2.31. The molecular formula is C25H31N5O2. The van der Waals surface area contributed by atoms with Gasteiger partial charge in [0.05, 0.1) is 17.1 Å². The van der Waals surface area contributed by atoms with Crippen LogP contribution >= 0.6 is 0 Å². The third-order valence-electron chi connectivity index (χ3n) is 5.45. The van der Waals surface area contributed by atoms with Gasteiger partial charge in [0.15, 0.2) is 0 Å². The molecule has 0 fully saturated rings. The lowest BCUT2D eigenvalue weighted by Gasteiger charge is -2.21. The van der Waals surface area contributed by atoms with Crippen LogP contribution in [0.4, 0.5) is 16.2 Å². The van der Waals surface area contributed by atoms with Gasteiger partial charge in [0.1, 0.15) is 0 Å². The van der Waals surface area contributed by atoms with Gasteiger partial charge < -0.3 is 20.9 Å². The summed E-state index contributed by atoms with van der Waals surface area (Å²) in [5.74, 6) is -0.356. The number of hydrogen-bond acceptors (Lipinski definition) is 4. The minimum Gasteiger partial charge on any atom is -0.311 e. The summed E-state index contributed by atoms with van der Waals surface area (Å²) in [5.41, 5.74) is 3.89. The van der Waals surface area contributed by atoms with Crippen LogP contribution in [0.3, 0.4) is 0 Å². The maximum atomic E-state index is 13.1. The molecule has 2 aromatic carbocycles. The van der Waals surface area contributed by atoms with Crippen LogP contribution in [0.15, 0.2) is 53.5 Å². The van der Waals surface area contributed by atoms with E-state index in [0.717, 1.165) is 36.8 Å². The van der Waals surface area contributed by atoms with Crippen molar-refractivity contribution in [2.45, 2.75) is 52.1 Å². The Balaban J connectivity index is 1.85. The van der Waals surface area contributed by atoms with Crippen molar-refractivity contribution in [1.29, 1.82) is 5.41 Å². The molecule has 168 valence electrons. The van der Waals surface area contributed by atoms with Crippen LogP contribution < -0.4 is 15.5 Å². The fraction of sp³-hybridized carbons (Fsp3) is 0.360. The van der Waals surface area contributed by atoms with Crippen molar-refractivity contribution in [2.75, 3.05) is 17.3 Å².